The number of para-hydroxylation sites is 3. The van der Waals surface area contributed by atoms with Gasteiger partial charge in [0.25, 0.3) is 0 Å². The van der Waals surface area contributed by atoms with Crippen molar-refractivity contribution in [3.63, 3.8) is 0 Å². The monoisotopic (exact) mass is 781 g/mol. The van der Waals surface area contributed by atoms with Crippen LogP contribution in [0.3, 0.4) is 0 Å². The lowest BCUT2D eigenvalue weighted by atomic mass is 9.91. The molecule has 12 rings (SSSR count). The fourth-order valence-corrected chi connectivity index (χ4v) is 9.52. The van der Waals surface area contributed by atoms with Crippen LogP contribution in [0.15, 0.2) is 221 Å². The summed E-state index contributed by atoms with van der Waals surface area (Å²) >= 11 is 0. The van der Waals surface area contributed by atoms with Gasteiger partial charge in [0.15, 0.2) is 0 Å². The van der Waals surface area contributed by atoms with Gasteiger partial charge in [-0.05, 0) is 104 Å². The van der Waals surface area contributed by atoms with Gasteiger partial charge in [-0.2, -0.15) is 0 Å². The molecule has 0 unspecified atom stereocenters. The first-order chi connectivity index (χ1) is 30.2. The molecule has 0 aliphatic carbocycles. The second-order valence-corrected chi connectivity index (χ2v) is 16.0. The zero-order chi connectivity index (χ0) is 40.3. The Labute approximate surface area is 353 Å². The fraction of sp³-hybridized carbons (Fsp3) is 0.0345. The van der Waals surface area contributed by atoms with Gasteiger partial charge in [0.1, 0.15) is 22.3 Å². The van der Waals surface area contributed by atoms with Gasteiger partial charge in [-0.15, -0.1) is 0 Å². The molecule has 3 heteroatoms. The molecule has 10 aromatic carbocycles. The Hall–Kier alpha value is -7.88. The molecule has 0 amide bonds. The molecule has 0 aliphatic rings. The standard InChI is InChI=1S/C58H39NO2/c1-2-13-38(14-3-1)35-39-25-29-43(30-26-39)59(44-31-27-40(28-32-44)47-21-12-22-50-49-19-8-10-23-54(49)61-58(47)50)53-33-34-56-57(51-20-9-11-24-55(51)60-56)52(53)37-42-36-41-15-4-5-16-45(41)48-18-7-6-17-46(42)48/h1-34,36H,35,37H2. The van der Waals surface area contributed by atoms with Gasteiger partial charge in [0.05, 0.1) is 5.69 Å². The van der Waals surface area contributed by atoms with Crippen LogP contribution >= 0.6 is 0 Å². The van der Waals surface area contributed by atoms with E-state index in [1.54, 1.807) is 0 Å². The minimum atomic E-state index is 0.705. The highest BCUT2D eigenvalue weighted by Crippen LogP contribution is 2.45. The van der Waals surface area contributed by atoms with Crippen LogP contribution in [-0.4, -0.2) is 0 Å². The van der Waals surface area contributed by atoms with Crippen LogP contribution in [-0.2, 0) is 12.8 Å². The summed E-state index contributed by atoms with van der Waals surface area (Å²) in [4.78, 5) is 2.43. The van der Waals surface area contributed by atoms with E-state index in [-0.39, 0.29) is 0 Å². The third kappa shape index (κ3) is 6.05. The van der Waals surface area contributed by atoms with Crippen molar-refractivity contribution in [3.05, 3.63) is 235 Å². The van der Waals surface area contributed by atoms with E-state index in [1.165, 1.54) is 43.8 Å². The number of benzene rings is 10. The Morgan fingerprint density at radius 1 is 0.377 bits per heavy atom. The normalized spacial score (nSPS) is 11.7. The number of furan rings is 2. The molecule has 2 aromatic heterocycles. The number of fused-ring (bicyclic) bond motifs is 9. The highest BCUT2D eigenvalue weighted by molar-refractivity contribution is 6.12. The predicted octanol–water partition coefficient (Wildman–Crippen LogP) is 16.1. The molecule has 0 fully saturated rings. The molecule has 288 valence electrons. The molecular weight excluding hydrogens is 743 g/mol. The third-order valence-electron chi connectivity index (χ3n) is 12.4. The number of nitrogens with zero attached hydrogens (tertiary/aromatic N) is 1. The lowest BCUT2D eigenvalue weighted by Crippen LogP contribution is -2.13. The third-order valence-corrected chi connectivity index (χ3v) is 12.4. The fourth-order valence-electron chi connectivity index (χ4n) is 9.52. The lowest BCUT2D eigenvalue weighted by molar-refractivity contribution is 0.668. The van der Waals surface area contributed by atoms with Gasteiger partial charge in [0.2, 0.25) is 0 Å². The van der Waals surface area contributed by atoms with Crippen LogP contribution < -0.4 is 4.90 Å². The maximum absolute atomic E-state index is 6.60. The molecule has 0 atom stereocenters. The summed E-state index contributed by atoms with van der Waals surface area (Å²) in [6.07, 6.45) is 1.58. The van der Waals surface area contributed by atoms with E-state index in [1.807, 2.05) is 12.1 Å². The quantitative estimate of drug-likeness (QED) is 0.144. The summed E-state index contributed by atoms with van der Waals surface area (Å²) in [5.74, 6) is 0. The van der Waals surface area contributed by atoms with Crippen LogP contribution in [0.1, 0.15) is 22.3 Å². The van der Waals surface area contributed by atoms with Gasteiger partial charge in [0, 0.05) is 44.9 Å². The van der Waals surface area contributed by atoms with E-state index >= 15 is 0 Å². The van der Waals surface area contributed by atoms with Gasteiger partial charge in [-0.25, -0.2) is 0 Å². The number of anilines is 3. The van der Waals surface area contributed by atoms with Crippen molar-refractivity contribution in [2.45, 2.75) is 12.8 Å². The zero-order valence-corrected chi connectivity index (χ0v) is 33.4. The molecule has 0 bridgehead atoms. The Bertz CT molecular complexity index is 3580. The van der Waals surface area contributed by atoms with Crippen molar-refractivity contribution in [2.24, 2.45) is 0 Å². The predicted molar refractivity (Wildman–Crippen MR) is 255 cm³/mol. The Kier molecular flexibility index (Phi) is 8.31. The van der Waals surface area contributed by atoms with Crippen molar-refractivity contribution in [2.75, 3.05) is 4.90 Å². The van der Waals surface area contributed by atoms with Crippen molar-refractivity contribution < 1.29 is 8.83 Å². The first kappa shape index (κ1) is 35.1. The van der Waals surface area contributed by atoms with E-state index in [0.717, 1.165) is 78.5 Å². The van der Waals surface area contributed by atoms with E-state index in [4.69, 9.17) is 8.83 Å². The van der Waals surface area contributed by atoms with Crippen LogP contribution in [0.4, 0.5) is 17.1 Å². The second kappa shape index (κ2) is 14.4. The van der Waals surface area contributed by atoms with Crippen LogP contribution in [0, 0.1) is 0 Å². The summed E-state index contributed by atoms with van der Waals surface area (Å²) in [5, 5.41) is 9.55. The van der Waals surface area contributed by atoms with Gasteiger partial charge < -0.3 is 13.7 Å². The smallest absolute Gasteiger partial charge is 0.143 e. The molecule has 3 nitrogen and oxygen atoms in total. The van der Waals surface area contributed by atoms with E-state index in [9.17, 15) is 0 Å². The lowest BCUT2D eigenvalue weighted by Gasteiger charge is -2.29. The van der Waals surface area contributed by atoms with E-state index in [0.29, 0.717) is 6.42 Å². The van der Waals surface area contributed by atoms with E-state index < -0.39 is 0 Å². The largest absolute Gasteiger partial charge is 0.456 e. The number of hydrogen-bond donors (Lipinski definition) is 0. The van der Waals surface area contributed by atoms with Gasteiger partial charge in [-0.1, -0.05) is 164 Å². The first-order valence-corrected chi connectivity index (χ1v) is 21.0. The maximum Gasteiger partial charge on any atom is 0.143 e. The number of hydrogen-bond acceptors (Lipinski definition) is 3. The Morgan fingerprint density at radius 3 is 1.77 bits per heavy atom. The number of rotatable bonds is 8. The van der Waals surface area contributed by atoms with Crippen molar-refractivity contribution in [1.29, 1.82) is 0 Å². The molecule has 61 heavy (non-hydrogen) atoms. The molecular formula is C58H39NO2. The minimum Gasteiger partial charge on any atom is -0.456 e. The topological polar surface area (TPSA) is 29.5 Å². The first-order valence-electron chi connectivity index (χ1n) is 21.0. The molecule has 0 spiro atoms. The summed E-state index contributed by atoms with van der Waals surface area (Å²) in [6.45, 7) is 0. The van der Waals surface area contributed by atoms with Crippen molar-refractivity contribution >= 4 is 82.5 Å². The van der Waals surface area contributed by atoms with Crippen LogP contribution in [0.5, 0.6) is 0 Å². The summed E-state index contributed by atoms with van der Waals surface area (Å²) in [7, 11) is 0. The molecule has 0 N–H and O–H groups in total. The van der Waals surface area contributed by atoms with Crippen LogP contribution in [0.2, 0.25) is 0 Å². The molecule has 0 aliphatic heterocycles. The van der Waals surface area contributed by atoms with Crippen molar-refractivity contribution in [3.8, 4) is 11.1 Å². The van der Waals surface area contributed by atoms with Crippen molar-refractivity contribution in [1.82, 2.24) is 0 Å². The molecule has 2 heterocycles. The highest BCUT2D eigenvalue weighted by Gasteiger charge is 2.23. The summed E-state index contributed by atoms with van der Waals surface area (Å²) in [5.41, 5.74) is 14.1. The van der Waals surface area contributed by atoms with Gasteiger partial charge in [-0.3, -0.25) is 0 Å². The van der Waals surface area contributed by atoms with E-state index in [2.05, 4.69) is 205 Å². The molecule has 0 radical (unpaired) electrons. The summed E-state index contributed by atoms with van der Waals surface area (Å²) < 4.78 is 13.1. The zero-order valence-electron chi connectivity index (χ0n) is 33.4. The average molecular weight is 782 g/mol. The highest BCUT2D eigenvalue weighted by atomic mass is 16.3. The Balaban J connectivity index is 1.06. The molecule has 0 saturated heterocycles. The average Bonchev–Trinajstić information content (AvgIpc) is 3.90. The summed E-state index contributed by atoms with van der Waals surface area (Å²) in [6, 6.07) is 76.3. The van der Waals surface area contributed by atoms with Crippen LogP contribution in [0.25, 0.3) is 76.5 Å². The Morgan fingerprint density at radius 2 is 0.984 bits per heavy atom. The molecule has 12 aromatic rings. The van der Waals surface area contributed by atoms with Gasteiger partial charge >= 0.3 is 0 Å². The maximum atomic E-state index is 6.60. The minimum absolute atomic E-state index is 0.705. The SMILES string of the molecule is c1ccc(Cc2ccc(N(c3ccc(-c4cccc5c4oc4ccccc45)cc3)c3ccc4oc5ccccc5c4c3Cc3cc4ccccc4c4ccccc34)cc2)cc1. The molecule has 0 saturated carbocycles. The second-order valence-electron chi connectivity index (χ2n) is 16.0.